The summed E-state index contributed by atoms with van der Waals surface area (Å²) < 4.78 is 5.01. The number of hydrogen-bond donors (Lipinski definition) is 0. The average Bonchev–Trinajstić information content (AvgIpc) is 2.13. The van der Waals surface area contributed by atoms with Gasteiger partial charge in [-0.15, -0.1) is 0 Å². The maximum absolute atomic E-state index is 10.6. The van der Waals surface area contributed by atoms with Crippen molar-refractivity contribution < 1.29 is 9.53 Å². The summed E-state index contributed by atoms with van der Waals surface area (Å²) in [5, 5.41) is 0. The number of ether oxygens (including phenoxy) is 1. The summed E-state index contributed by atoms with van der Waals surface area (Å²) in [6.45, 7) is 4.07. The standard InChI is InChI=1S/C11H14O2/c1-8-4-5-10(6-9(8)2)11(7-12)13-3/h4-7,11H,1-3H3/t11-/m0/s1. The molecule has 0 aliphatic heterocycles. The fraction of sp³-hybridized carbons (Fsp3) is 0.364. The molecule has 0 amide bonds. The van der Waals surface area contributed by atoms with Gasteiger partial charge in [0.2, 0.25) is 0 Å². The molecule has 0 aliphatic rings. The number of carbonyl (C=O) groups is 1. The maximum atomic E-state index is 10.6. The van der Waals surface area contributed by atoms with E-state index in [0.717, 1.165) is 11.8 Å². The van der Waals surface area contributed by atoms with Crippen molar-refractivity contribution in [1.82, 2.24) is 0 Å². The summed E-state index contributed by atoms with van der Waals surface area (Å²) in [7, 11) is 1.54. The minimum absolute atomic E-state index is 0.431. The zero-order chi connectivity index (χ0) is 9.84. The highest BCUT2D eigenvalue weighted by atomic mass is 16.5. The van der Waals surface area contributed by atoms with Gasteiger partial charge in [0.05, 0.1) is 0 Å². The third kappa shape index (κ3) is 2.16. The zero-order valence-electron chi connectivity index (χ0n) is 8.20. The Morgan fingerprint density at radius 3 is 2.46 bits per heavy atom. The van der Waals surface area contributed by atoms with Gasteiger partial charge in [0.15, 0.2) is 6.29 Å². The van der Waals surface area contributed by atoms with Crippen LogP contribution >= 0.6 is 0 Å². The molecule has 0 radical (unpaired) electrons. The minimum Gasteiger partial charge on any atom is -0.369 e. The minimum atomic E-state index is -0.431. The van der Waals surface area contributed by atoms with Gasteiger partial charge < -0.3 is 9.53 Å². The molecule has 0 bridgehead atoms. The Hall–Kier alpha value is -1.15. The van der Waals surface area contributed by atoms with Crippen LogP contribution < -0.4 is 0 Å². The van der Waals surface area contributed by atoms with E-state index in [9.17, 15) is 4.79 Å². The van der Waals surface area contributed by atoms with Crippen LogP contribution in [0.15, 0.2) is 18.2 Å². The van der Waals surface area contributed by atoms with Gasteiger partial charge in [0.25, 0.3) is 0 Å². The Kier molecular flexibility index (Phi) is 3.20. The molecule has 0 saturated carbocycles. The van der Waals surface area contributed by atoms with Gasteiger partial charge >= 0.3 is 0 Å². The molecule has 0 aliphatic carbocycles. The van der Waals surface area contributed by atoms with E-state index in [-0.39, 0.29) is 0 Å². The molecule has 0 aromatic heterocycles. The molecule has 1 atom stereocenters. The van der Waals surface area contributed by atoms with Crippen LogP contribution in [0.5, 0.6) is 0 Å². The fourth-order valence-electron chi connectivity index (χ4n) is 1.21. The second-order valence-electron chi connectivity index (χ2n) is 3.14. The van der Waals surface area contributed by atoms with Gasteiger partial charge in [0, 0.05) is 7.11 Å². The topological polar surface area (TPSA) is 26.3 Å². The van der Waals surface area contributed by atoms with Gasteiger partial charge in [-0.3, -0.25) is 0 Å². The second-order valence-corrected chi connectivity index (χ2v) is 3.14. The Bertz CT molecular complexity index is 305. The fourth-order valence-corrected chi connectivity index (χ4v) is 1.21. The number of carbonyl (C=O) groups excluding carboxylic acids is 1. The Morgan fingerprint density at radius 2 is 2.00 bits per heavy atom. The van der Waals surface area contributed by atoms with E-state index in [0.29, 0.717) is 0 Å². The Labute approximate surface area is 78.5 Å². The summed E-state index contributed by atoms with van der Waals surface area (Å²) in [5.41, 5.74) is 3.33. The van der Waals surface area contributed by atoms with E-state index < -0.39 is 6.10 Å². The molecule has 0 saturated heterocycles. The molecule has 1 aromatic rings. The lowest BCUT2D eigenvalue weighted by Crippen LogP contribution is -2.02. The lowest BCUT2D eigenvalue weighted by molar-refractivity contribution is -0.116. The molecule has 0 fully saturated rings. The molecular weight excluding hydrogens is 164 g/mol. The van der Waals surface area contributed by atoms with Gasteiger partial charge in [-0.25, -0.2) is 0 Å². The predicted molar refractivity (Wildman–Crippen MR) is 51.7 cm³/mol. The molecule has 0 spiro atoms. The molecule has 0 unspecified atom stereocenters. The highest BCUT2D eigenvalue weighted by Gasteiger charge is 2.08. The molecule has 1 aromatic carbocycles. The molecule has 13 heavy (non-hydrogen) atoms. The van der Waals surface area contributed by atoms with Crippen molar-refractivity contribution in [2.24, 2.45) is 0 Å². The van der Waals surface area contributed by atoms with Crippen LogP contribution in [-0.2, 0) is 9.53 Å². The van der Waals surface area contributed by atoms with Crippen molar-refractivity contribution in [3.63, 3.8) is 0 Å². The van der Waals surface area contributed by atoms with E-state index in [2.05, 4.69) is 0 Å². The first kappa shape index (κ1) is 9.93. The molecule has 70 valence electrons. The van der Waals surface area contributed by atoms with Gasteiger partial charge in [-0.1, -0.05) is 18.2 Å². The second kappa shape index (κ2) is 4.19. The molecule has 2 heteroatoms. The summed E-state index contributed by atoms with van der Waals surface area (Å²) in [4.78, 5) is 10.6. The monoisotopic (exact) mass is 178 g/mol. The summed E-state index contributed by atoms with van der Waals surface area (Å²) in [5.74, 6) is 0. The lowest BCUT2D eigenvalue weighted by Gasteiger charge is -2.10. The lowest BCUT2D eigenvalue weighted by atomic mass is 10.0. The van der Waals surface area contributed by atoms with Crippen LogP contribution in [0.1, 0.15) is 22.8 Å². The van der Waals surface area contributed by atoms with Crippen molar-refractivity contribution in [3.05, 3.63) is 34.9 Å². The average molecular weight is 178 g/mol. The van der Waals surface area contributed by atoms with Crippen LogP contribution in [0.3, 0.4) is 0 Å². The zero-order valence-corrected chi connectivity index (χ0v) is 8.20. The van der Waals surface area contributed by atoms with Gasteiger partial charge in [0.1, 0.15) is 6.10 Å². The van der Waals surface area contributed by atoms with Crippen molar-refractivity contribution in [2.45, 2.75) is 20.0 Å². The van der Waals surface area contributed by atoms with Crippen molar-refractivity contribution >= 4 is 6.29 Å². The predicted octanol–water partition coefficient (Wildman–Crippen LogP) is 2.19. The third-order valence-corrected chi connectivity index (χ3v) is 2.24. The quantitative estimate of drug-likeness (QED) is 0.663. The smallest absolute Gasteiger partial charge is 0.153 e. The van der Waals surface area contributed by atoms with Crippen LogP contribution in [0.4, 0.5) is 0 Å². The van der Waals surface area contributed by atoms with E-state index in [1.165, 1.54) is 18.2 Å². The number of benzene rings is 1. The van der Waals surface area contributed by atoms with Crippen LogP contribution in [0.2, 0.25) is 0 Å². The first-order chi connectivity index (χ1) is 6.19. The normalized spacial score (nSPS) is 12.5. The maximum Gasteiger partial charge on any atom is 0.153 e. The Balaban J connectivity index is 3.01. The Morgan fingerprint density at radius 1 is 1.31 bits per heavy atom. The van der Waals surface area contributed by atoms with Gasteiger partial charge in [-0.05, 0) is 30.5 Å². The van der Waals surface area contributed by atoms with Crippen LogP contribution in [-0.4, -0.2) is 13.4 Å². The molecule has 2 nitrogen and oxygen atoms in total. The third-order valence-electron chi connectivity index (χ3n) is 2.24. The van der Waals surface area contributed by atoms with Crippen molar-refractivity contribution in [2.75, 3.05) is 7.11 Å². The van der Waals surface area contributed by atoms with Crippen LogP contribution in [0.25, 0.3) is 0 Å². The number of aryl methyl sites for hydroxylation is 2. The first-order valence-corrected chi connectivity index (χ1v) is 4.24. The largest absolute Gasteiger partial charge is 0.369 e. The first-order valence-electron chi connectivity index (χ1n) is 4.24. The van der Waals surface area contributed by atoms with Gasteiger partial charge in [-0.2, -0.15) is 0 Å². The number of hydrogen-bond acceptors (Lipinski definition) is 2. The number of rotatable bonds is 3. The van der Waals surface area contributed by atoms with E-state index >= 15 is 0 Å². The highest BCUT2D eigenvalue weighted by molar-refractivity contribution is 5.60. The summed E-state index contributed by atoms with van der Waals surface area (Å²) in [6.07, 6.45) is 0.378. The summed E-state index contributed by atoms with van der Waals surface area (Å²) in [6, 6.07) is 5.91. The van der Waals surface area contributed by atoms with E-state index in [1.54, 1.807) is 0 Å². The number of aldehydes is 1. The van der Waals surface area contributed by atoms with Crippen molar-refractivity contribution in [1.29, 1.82) is 0 Å². The number of methoxy groups -OCH3 is 1. The van der Waals surface area contributed by atoms with Crippen LogP contribution in [0, 0.1) is 13.8 Å². The summed E-state index contributed by atoms with van der Waals surface area (Å²) >= 11 is 0. The SMILES string of the molecule is CO[C@@H](C=O)c1ccc(C)c(C)c1. The van der Waals surface area contributed by atoms with E-state index in [1.807, 2.05) is 32.0 Å². The molecule has 0 heterocycles. The highest BCUT2D eigenvalue weighted by Crippen LogP contribution is 2.17. The molecule has 0 N–H and O–H groups in total. The van der Waals surface area contributed by atoms with Crippen molar-refractivity contribution in [3.8, 4) is 0 Å². The van der Waals surface area contributed by atoms with E-state index in [4.69, 9.17) is 4.74 Å². The molecule has 1 rings (SSSR count). The molecular formula is C11H14O2.